The lowest BCUT2D eigenvalue weighted by Gasteiger charge is -2.38. The predicted octanol–water partition coefficient (Wildman–Crippen LogP) is 3.94. The van der Waals surface area contributed by atoms with Gasteiger partial charge in [0.2, 0.25) is 0 Å². The van der Waals surface area contributed by atoms with Gasteiger partial charge in [0.05, 0.1) is 11.5 Å². The molecule has 0 aliphatic heterocycles. The van der Waals surface area contributed by atoms with Crippen molar-refractivity contribution in [2.24, 2.45) is 5.41 Å². The van der Waals surface area contributed by atoms with E-state index in [9.17, 15) is 0 Å². The molecular weight excluding hydrogens is 232 g/mol. The van der Waals surface area contributed by atoms with E-state index in [4.69, 9.17) is 5.26 Å². The molecule has 19 heavy (non-hydrogen) atoms. The minimum Gasteiger partial charge on any atom is -0.308 e. The molecule has 1 aliphatic rings. The van der Waals surface area contributed by atoms with Gasteiger partial charge in [-0.2, -0.15) is 5.26 Å². The average Bonchev–Trinajstić information content (AvgIpc) is 2.38. The van der Waals surface area contributed by atoms with Crippen molar-refractivity contribution in [2.45, 2.75) is 52.0 Å². The number of hydrogen-bond donors (Lipinski definition) is 1. The number of fused-ring (bicyclic) bond motifs is 1. The summed E-state index contributed by atoms with van der Waals surface area (Å²) >= 11 is 0. The van der Waals surface area contributed by atoms with E-state index in [0.717, 1.165) is 13.0 Å². The molecule has 2 heteroatoms. The van der Waals surface area contributed by atoms with Crippen LogP contribution in [-0.2, 0) is 5.41 Å². The van der Waals surface area contributed by atoms with Crippen LogP contribution in [0.15, 0.2) is 24.3 Å². The summed E-state index contributed by atoms with van der Waals surface area (Å²) in [7, 11) is 0. The molecule has 1 aromatic carbocycles. The number of hydrogen-bond acceptors (Lipinski definition) is 2. The van der Waals surface area contributed by atoms with Crippen molar-refractivity contribution in [3.63, 3.8) is 0 Å². The summed E-state index contributed by atoms with van der Waals surface area (Å²) in [6.45, 7) is 9.35. The second-order valence-corrected chi connectivity index (χ2v) is 6.94. The Morgan fingerprint density at radius 2 is 2.05 bits per heavy atom. The predicted molar refractivity (Wildman–Crippen MR) is 78.8 cm³/mol. The fourth-order valence-corrected chi connectivity index (χ4v) is 2.84. The quantitative estimate of drug-likeness (QED) is 0.889. The van der Waals surface area contributed by atoms with E-state index in [2.05, 4.69) is 49.5 Å². The minimum absolute atomic E-state index is 0.263. The lowest BCUT2D eigenvalue weighted by Crippen LogP contribution is -2.36. The Labute approximate surface area is 116 Å². The van der Waals surface area contributed by atoms with Crippen LogP contribution in [0.25, 0.3) is 0 Å². The first-order chi connectivity index (χ1) is 8.86. The largest absolute Gasteiger partial charge is 0.308 e. The highest BCUT2D eigenvalue weighted by Crippen LogP contribution is 2.41. The van der Waals surface area contributed by atoms with Gasteiger partial charge in [-0.25, -0.2) is 0 Å². The molecule has 0 heterocycles. The van der Waals surface area contributed by atoms with E-state index in [-0.39, 0.29) is 10.8 Å². The van der Waals surface area contributed by atoms with Gasteiger partial charge in [0.15, 0.2) is 0 Å². The molecule has 0 radical (unpaired) electrons. The highest BCUT2D eigenvalue weighted by Gasteiger charge is 2.32. The van der Waals surface area contributed by atoms with E-state index in [1.165, 1.54) is 17.5 Å². The van der Waals surface area contributed by atoms with Gasteiger partial charge in [-0.05, 0) is 43.2 Å². The van der Waals surface area contributed by atoms with Gasteiger partial charge >= 0.3 is 0 Å². The molecule has 1 aromatic rings. The standard InChI is InChI=1S/C17H24N2/c1-16(2,11-18)12-19-15-9-10-17(3,4)14-8-6-5-7-13(14)15/h5-8,15,19H,9-10,12H2,1-4H3. The molecule has 2 nitrogen and oxygen atoms in total. The van der Waals surface area contributed by atoms with Crippen LogP contribution in [0.2, 0.25) is 0 Å². The van der Waals surface area contributed by atoms with Crippen molar-refractivity contribution in [3.8, 4) is 6.07 Å². The Morgan fingerprint density at radius 3 is 2.74 bits per heavy atom. The third-order valence-electron chi connectivity index (χ3n) is 4.22. The average molecular weight is 256 g/mol. The third kappa shape index (κ3) is 2.98. The molecule has 0 saturated carbocycles. The van der Waals surface area contributed by atoms with E-state index in [1.54, 1.807) is 0 Å². The number of benzene rings is 1. The van der Waals surface area contributed by atoms with Gasteiger partial charge in [0.25, 0.3) is 0 Å². The summed E-state index contributed by atoms with van der Waals surface area (Å²) in [4.78, 5) is 0. The van der Waals surface area contributed by atoms with Gasteiger partial charge in [-0.1, -0.05) is 38.1 Å². The molecule has 0 spiro atoms. The number of rotatable bonds is 3. The first-order valence-corrected chi connectivity index (χ1v) is 7.10. The summed E-state index contributed by atoms with van der Waals surface area (Å²) in [6.07, 6.45) is 2.33. The van der Waals surface area contributed by atoms with Crippen LogP contribution in [-0.4, -0.2) is 6.54 Å². The summed E-state index contributed by atoms with van der Waals surface area (Å²) in [5.41, 5.74) is 2.82. The van der Waals surface area contributed by atoms with Crippen molar-refractivity contribution >= 4 is 0 Å². The van der Waals surface area contributed by atoms with Gasteiger partial charge < -0.3 is 5.32 Å². The van der Waals surface area contributed by atoms with Gasteiger partial charge in [-0.15, -0.1) is 0 Å². The first-order valence-electron chi connectivity index (χ1n) is 7.10. The van der Waals surface area contributed by atoms with Crippen LogP contribution in [0, 0.1) is 16.7 Å². The van der Waals surface area contributed by atoms with Crippen LogP contribution in [0.1, 0.15) is 57.7 Å². The lowest BCUT2D eigenvalue weighted by molar-refractivity contribution is 0.330. The molecule has 1 unspecified atom stereocenters. The van der Waals surface area contributed by atoms with Crippen LogP contribution in [0.4, 0.5) is 0 Å². The zero-order valence-electron chi connectivity index (χ0n) is 12.5. The Bertz CT molecular complexity index is 494. The van der Waals surface area contributed by atoms with Crippen molar-refractivity contribution in [3.05, 3.63) is 35.4 Å². The van der Waals surface area contributed by atoms with Crippen LogP contribution >= 0.6 is 0 Å². The fourth-order valence-electron chi connectivity index (χ4n) is 2.84. The molecule has 1 aliphatic carbocycles. The molecule has 1 N–H and O–H groups in total. The fraction of sp³-hybridized carbons (Fsp3) is 0.588. The Hall–Kier alpha value is -1.33. The molecule has 0 saturated heterocycles. The van der Waals surface area contributed by atoms with Crippen LogP contribution in [0.3, 0.4) is 0 Å². The second kappa shape index (κ2) is 4.98. The normalized spacial score (nSPS) is 21.5. The van der Waals surface area contributed by atoms with Gasteiger partial charge in [0.1, 0.15) is 0 Å². The smallest absolute Gasteiger partial charge is 0.0697 e. The van der Waals surface area contributed by atoms with E-state index >= 15 is 0 Å². The van der Waals surface area contributed by atoms with Crippen LogP contribution < -0.4 is 5.32 Å². The van der Waals surface area contributed by atoms with Crippen LogP contribution in [0.5, 0.6) is 0 Å². The van der Waals surface area contributed by atoms with E-state index < -0.39 is 0 Å². The number of nitrogens with zero attached hydrogens (tertiary/aromatic N) is 1. The lowest BCUT2D eigenvalue weighted by atomic mass is 9.71. The first kappa shape index (κ1) is 14.1. The zero-order chi connectivity index (χ0) is 14.1. The molecule has 0 aromatic heterocycles. The highest BCUT2D eigenvalue weighted by atomic mass is 14.9. The van der Waals surface area contributed by atoms with Crippen molar-refractivity contribution in [1.82, 2.24) is 5.32 Å². The molecule has 1 atom stereocenters. The Kier molecular flexibility index (Phi) is 3.69. The topological polar surface area (TPSA) is 35.8 Å². The van der Waals surface area contributed by atoms with Crippen molar-refractivity contribution in [1.29, 1.82) is 5.26 Å². The second-order valence-electron chi connectivity index (χ2n) is 6.94. The SMILES string of the molecule is CC(C)(C#N)CNC1CCC(C)(C)c2ccccc21. The molecule has 0 amide bonds. The van der Waals surface area contributed by atoms with Gasteiger partial charge in [0, 0.05) is 12.6 Å². The maximum atomic E-state index is 9.11. The molecule has 0 fully saturated rings. The molecule has 0 bridgehead atoms. The Morgan fingerprint density at radius 1 is 1.37 bits per heavy atom. The number of nitrogens with one attached hydrogen (secondary N) is 1. The maximum absolute atomic E-state index is 9.11. The maximum Gasteiger partial charge on any atom is 0.0697 e. The minimum atomic E-state index is -0.304. The highest BCUT2D eigenvalue weighted by molar-refractivity contribution is 5.38. The van der Waals surface area contributed by atoms with Crippen molar-refractivity contribution < 1.29 is 0 Å². The molecule has 2 rings (SSSR count). The Balaban J connectivity index is 2.20. The molecule has 102 valence electrons. The summed E-state index contributed by atoms with van der Waals surface area (Å²) in [6, 6.07) is 11.5. The molecular formula is C17H24N2. The number of nitriles is 1. The van der Waals surface area contributed by atoms with Crippen molar-refractivity contribution in [2.75, 3.05) is 6.54 Å². The zero-order valence-corrected chi connectivity index (χ0v) is 12.5. The van der Waals surface area contributed by atoms with E-state index in [1.807, 2.05) is 13.8 Å². The summed E-state index contributed by atoms with van der Waals surface area (Å²) < 4.78 is 0. The monoisotopic (exact) mass is 256 g/mol. The van der Waals surface area contributed by atoms with Gasteiger partial charge in [-0.3, -0.25) is 0 Å². The summed E-state index contributed by atoms with van der Waals surface area (Å²) in [5, 5.41) is 12.7. The summed E-state index contributed by atoms with van der Waals surface area (Å²) in [5.74, 6) is 0. The third-order valence-corrected chi connectivity index (χ3v) is 4.22. The van der Waals surface area contributed by atoms with E-state index in [0.29, 0.717) is 6.04 Å².